The van der Waals surface area contributed by atoms with Crippen LogP contribution in [0.1, 0.15) is 29.5 Å². The minimum Gasteiger partial charge on any atom is -0.317 e. The van der Waals surface area contributed by atoms with Crippen molar-refractivity contribution in [1.82, 2.24) is 5.32 Å². The lowest BCUT2D eigenvalue weighted by atomic mass is 9.90. The molecule has 2 rings (SSSR count). The Morgan fingerprint density at radius 3 is 2.31 bits per heavy atom. The van der Waals surface area contributed by atoms with Gasteiger partial charge in [0.25, 0.3) is 0 Å². The third-order valence-corrected chi connectivity index (χ3v) is 4.73. The molecule has 1 N–H and O–H groups in total. The average molecular weight is 282 g/mol. The maximum atomic E-state index is 3.63. The summed E-state index contributed by atoms with van der Waals surface area (Å²) in [5, 5.41) is 3.42. The van der Waals surface area contributed by atoms with E-state index in [4.69, 9.17) is 0 Å². The van der Waals surface area contributed by atoms with Gasteiger partial charge < -0.3 is 5.32 Å². The predicted octanol–water partition coefficient (Wildman–Crippen LogP) is 3.61. The molecule has 1 heterocycles. The van der Waals surface area contributed by atoms with Gasteiger partial charge in [-0.1, -0.05) is 28.1 Å². The lowest BCUT2D eigenvalue weighted by Gasteiger charge is -2.23. The topological polar surface area (TPSA) is 12.0 Å². The van der Waals surface area contributed by atoms with Crippen LogP contribution >= 0.6 is 15.9 Å². The maximum Gasteiger partial charge on any atom is 0.0233 e. The van der Waals surface area contributed by atoms with E-state index in [1.807, 2.05) is 0 Å². The molecule has 0 saturated carbocycles. The molecule has 1 nitrogen and oxygen atoms in total. The standard InChI is InChI=1S/C14H20BrN/c1-10-7-13(8-11(2)14(10)15)9-12-3-5-16-6-4-12/h7-8,12,16H,3-6,9H2,1-2H3. The summed E-state index contributed by atoms with van der Waals surface area (Å²) in [6, 6.07) is 4.66. The van der Waals surface area contributed by atoms with Crippen molar-refractivity contribution in [3.8, 4) is 0 Å². The average Bonchev–Trinajstić information content (AvgIpc) is 2.27. The molecule has 1 fully saturated rings. The summed E-state index contributed by atoms with van der Waals surface area (Å²) in [4.78, 5) is 0. The molecule has 16 heavy (non-hydrogen) atoms. The van der Waals surface area contributed by atoms with Crippen molar-refractivity contribution in [2.24, 2.45) is 5.92 Å². The molecule has 0 aromatic heterocycles. The minimum absolute atomic E-state index is 0.876. The van der Waals surface area contributed by atoms with Gasteiger partial charge in [0.15, 0.2) is 0 Å². The van der Waals surface area contributed by atoms with Crippen molar-refractivity contribution in [3.63, 3.8) is 0 Å². The van der Waals surface area contributed by atoms with Gasteiger partial charge in [0, 0.05) is 4.47 Å². The number of hydrogen-bond donors (Lipinski definition) is 1. The fraction of sp³-hybridized carbons (Fsp3) is 0.571. The number of aryl methyl sites for hydroxylation is 2. The lowest BCUT2D eigenvalue weighted by molar-refractivity contribution is 0.372. The van der Waals surface area contributed by atoms with E-state index in [0.717, 1.165) is 5.92 Å². The first-order chi connectivity index (χ1) is 7.66. The molecule has 1 aromatic rings. The highest BCUT2D eigenvalue weighted by atomic mass is 79.9. The van der Waals surface area contributed by atoms with Crippen molar-refractivity contribution >= 4 is 15.9 Å². The van der Waals surface area contributed by atoms with Crippen molar-refractivity contribution < 1.29 is 0 Å². The van der Waals surface area contributed by atoms with Gasteiger partial charge in [-0.2, -0.15) is 0 Å². The number of rotatable bonds is 2. The molecular formula is C14H20BrN. The van der Waals surface area contributed by atoms with E-state index in [0.29, 0.717) is 0 Å². The Labute approximate surface area is 107 Å². The Kier molecular flexibility index (Phi) is 4.04. The summed E-state index contributed by atoms with van der Waals surface area (Å²) in [6.07, 6.45) is 3.90. The molecular weight excluding hydrogens is 262 g/mol. The van der Waals surface area contributed by atoms with Gasteiger partial charge >= 0.3 is 0 Å². The highest BCUT2D eigenvalue weighted by Crippen LogP contribution is 2.25. The van der Waals surface area contributed by atoms with Crippen LogP contribution in [0.5, 0.6) is 0 Å². The van der Waals surface area contributed by atoms with Gasteiger partial charge in [0.2, 0.25) is 0 Å². The van der Waals surface area contributed by atoms with Crippen LogP contribution in [-0.4, -0.2) is 13.1 Å². The molecule has 0 atom stereocenters. The second kappa shape index (κ2) is 5.33. The summed E-state index contributed by atoms with van der Waals surface area (Å²) in [5.41, 5.74) is 4.23. The van der Waals surface area contributed by atoms with Crippen LogP contribution in [-0.2, 0) is 6.42 Å². The lowest BCUT2D eigenvalue weighted by Crippen LogP contribution is -2.28. The van der Waals surface area contributed by atoms with Gasteiger partial charge in [0.05, 0.1) is 0 Å². The Morgan fingerprint density at radius 2 is 1.75 bits per heavy atom. The third kappa shape index (κ3) is 2.86. The Balaban J connectivity index is 2.09. The van der Waals surface area contributed by atoms with Crippen LogP contribution in [0.2, 0.25) is 0 Å². The highest BCUT2D eigenvalue weighted by Gasteiger charge is 2.14. The highest BCUT2D eigenvalue weighted by molar-refractivity contribution is 9.10. The monoisotopic (exact) mass is 281 g/mol. The first kappa shape index (κ1) is 12.1. The summed E-state index contributed by atoms with van der Waals surface area (Å²) in [7, 11) is 0. The van der Waals surface area contributed by atoms with E-state index in [2.05, 4.69) is 47.2 Å². The fourth-order valence-corrected chi connectivity index (χ4v) is 2.80. The van der Waals surface area contributed by atoms with E-state index in [9.17, 15) is 0 Å². The molecule has 0 bridgehead atoms. The Morgan fingerprint density at radius 1 is 1.19 bits per heavy atom. The van der Waals surface area contributed by atoms with E-state index in [1.165, 1.54) is 53.5 Å². The smallest absolute Gasteiger partial charge is 0.0233 e. The van der Waals surface area contributed by atoms with Crippen LogP contribution in [0.3, 0.4) is 0 Å². The molecule has 1 aliphatic rings. The van der Waals surface area contributed by atoms with Gasteiger partial charge in [-0.05, 0) is 68.8 Å². The van der Waals surface area contributed by atoms with E-state index in [-0.39, 0.29) is 0 Å². The van der Waals surface area contributed by atoms with Crippen LogP contribution in [0.25, 0.3) is 0 Å². The van der Waals surface area contributed by atoms with Crippen LogP contribution in [0, 0.1) is 19.8 Å². The number of benzene rings is 1. The molecule has 0 aliphatic carbocycles. The molecule has 0 unspecified atom stereocenters. The summed E-state index contributed by atoms with van der Waals surface area (Å²) in [6.45, 7) is 6.75. The Bertz CT molecular complexity index is 344. The number of piperidine rings is 1. The third-order valence-electron chi connectivity index (χ3n) is 3.48. The van der Waals surface area contributed by atoms with Gasteiger partial charge in [-0.15, -0.1) is 0 Å². The first-order valence-corrected chi connectivity index (χ1v) is 6.92. The van der Waals surface area contributed by atoms with Crippen LogP contribution in [0.15, 0.2) is 16.6 Å². The molecule has 0 amide bonds. The minimum atomic E-state index is 0.876. The quantitative estimate of drug-likeness (QED) is 0.873. The number of hydrogen-bond acceptors (Lipinski definition) is 1. The zero-order valence-electron chi connectivity index (χ0n) is 10.1. The second-order valence-electron chi connectivity index (χ2n) is 4.94. The summed E-state index contributed by atoms with van der Waals surface area (Å²) < 4.78 is 1.27. The normalized spacial score (nSPS) is 17.7. The molecule has 88 valence electrons. The van der Waals surface area contributed by atoms with E-state index in [1.54, 1.807) is 0 Å². The van der Waals surface area contributed by atoms with E-state index >= 15 is 0 Å². The maximum absolute atomic E-state index is 3.63. The molecule has 1 saturated heterocycles. The zero-order valence-corrected chi connectivity index (χ0v) is 11.7. The van der Waals surface area contributed by atoms with Crippen LogP contribution in [0.4, 0.5) is 0 Å². The zero-order chi connectivity index (χ0) is 11.5. The van der Waals surface area contributed by atoms with Crippen molar-refractivity contribution in [2.45, 2.75) is 33.1 Å². The second-order valence-corrected chi connectivity index (χ2v) is 5.73. The van der Waals surface area contributed by atoms with Gasteiger partial charge in [-0.25, -0.2) is 0 Å². The van der Waals surface area contributed by atoms with Crippen molar-refractivity contribution in [1.29, 1.82) is 0 Å². The molecule has 0 spiro atoms. The molecule has 1 aliphatic heterocycles. The fourth-order valence-electron chi connectivity index (χ4n) is 2.57. The molecule has 1 aromatic carbocycles. The predicted molar refractivity (Wildman–Crippen MR) is 72.9 cm³/mol. The Hall–Kier alpha value is -0.340. The number of halogens is 1. The summed E-state index contributed by atoms with van der Waals surface area (Å²) in [5.74, 6) is 0.876. The SMILES string of the molecule is Cc1cc(CC2CCNCC2)cc(C)c1Br. The van der Waals surface area contributed by atoms with Crippen LogP contribution < -0.4 is 5.32 Å². The van der Waals surface area contributed by atoms with Gasteiger partial charge in [-0.3, -0.25) is 0 Å². The molecule has 2 heteroatoms. The first-order valence-electron chi connectivity index (χ1n) is 6.13. The largest absolute Gasteiger partial charge is 0.317 e. The summed E-state index contributed by atoms with van der Waals surface area (Å²) >= 11 is 3.63. The van der Waals surface area contributed by atoms with Crippen molar-refractivity contribution in [3.05, 3.63) is 33.3 Å². The van der Waals surface area contributed by atoms with Crippen molar-refractivity contribution in [2.75, 3.05) is 13.1 Å². The number of nitrogens with one attached hydrogen (secondary N) is 1. The van der Waals surface area contributed by atoms with Gasteiger partial charge in [0.1, 0.15) is 0 Å². The molecule has 0 radical (unpaired) electrons. The van der Waals surface area contributed by atoms with E-state index < -0.39 is 0 Å².